The predicted octanol–water partition coefficient (Wildman–Crippen LogP) is 3.96. The first-order valence-electron chi connectivity index (χ1n) is 11.6. The lowest BCUT2D eigenvalue weighted by Crippen LogP contribution is -2.33. The van der Waals surface area contributed by atoms with Crippen molar-refractivity contribution >= 4 is 44.8 Å². The summed E-state index contributed by atoms with van der Waals surface area (Å²) in [7, 11) is -0.440. The van der Waals surface area contributed by atoms with Crippen molar-refractivity contribution < 1.29 is 22.7 Å². The first-order valence-corrected chi connectivity index (χ1v) is 13.1. The SMILES string of the molecule is COc1cc2c(cc1OC)CN(CCCNS(=O)(=O)c1cccc3c(NC(C)=O)cccc13)CC2.Cl. The average molecular weight is 534 g/mol. The van der Waals surface area contributed by atoms with Gasteiger partial charge < -0.3 is 14.8 Å². The average Bonchev–Trinajstić information content (AvgIpc) is 2.85. The van der Waals surface area contributed by atoms with Crippen molar-refractivity contribution in [1.82, 2.24) is 9.62 Å². The van der Waals surface area contributed by atoms with Gasteiger partial charge in [0, 0.05) is 43.0 Å². The van der Waals surface area contributed by atoms with Crippen LogP contribution in [0.25, 0.3) is 10.8 Å². The van der Waals surface area contributed by atoms with E-state index >= 15 is 0 Å². The third-order valence-corrected chi connectivity index (χ3v) is 7.74. The number of hydrogen-bond donors (Lipinski definition) is 2. The van der Waals surface area contributed by atoms with Gasteiger partial charge in [-0.1, -0.05) is 24.3 Å². The maximum atomic E-state index is 13.1. The van der Waals surface area contributed by atoms with Crippen molar-refractivity contribution in [3.05, 3.63) is 59.7 Å². The highest BCUT2D eigenvalue weighted by atomic mass is 35.5. The van der Waals surface area contributed by atoms with Crippen LogP contribution < -0.4 is 19.5 Å². The third kappa shape index (κ3) is 6.10. The molecule has 0 atom stereocenters. The molecular formula is C26H32ClN3O5S. The number of rotatable bonds is 9. The van der Waals surface area contributed by atoms with E-state index in [2.05, 4.69) is 14.9 Å². The van der Waals surface area contributed by atoms with Gasteiger partial charge in [0.05, 0.1) is 19.1 Å². The Labute approximate surface area is 218 Å². The van der Waals surface area contributed by atoms with Gasteiger partial charge in [0.25, 0.3) is 0 Å². The predicted molar refractivity (Wildman–Crippen MR) is 144 cm³/mol. The molecule has 0 bridgehead atoms. The number of sulfonamides is 1. The summed E-state index contributed by atoms with van der Waals surface area (Å²) in [6.07, 6.45) is 1.60. The molecule has 3 aromatic rings. The number of nitrogens with zero attached hydrogens (tertiary/aromatic N) is 1. The van der Waals surface area contributed by atoms with Crippen LogP contribution in [0.15, 0.2) is 53.4 Å². The van der Waals surface area contributed by atoms with Crippen molar-refractivity contribution in [1.29, 1.82) is 0 Å². The lowest BCUT2D eigenvalue weighted by atomic mass is 9.98. The second kappa shape index (κ2) is 11.9. The molecule has 3 aromatic carbocycles. The van der Waals surface area contributed by atoms with E-state index in [0.717, 1.165) is 37.6 Å². The van der Waals surface area contributed by atoms with Crippen molar-refractivity contribution in [2.45, 2.75) is 31.2 Å². The Morgan fingerprint density at radius 2 is 1.67 bits per heavy atom. The number of ether oxygens (including phenoxy) is 2. The zero-order chi connectivity index (χ0) is 25.0. The van der Waals surface area contributed by atoms with Gasteiger partial charge in [-0.3, -0.25) is 9.69 Å². The van der Waals surface area contributed by atoms with Gasteiger partial charge in [0.2, 0.25) is 15.9 Å². The van der Waals surface area contributed by atoms with Crippen LogP contribution in [0.4, 0.5) is 5.69 Å². The summed E-state index contributed by atoms with van der Waals surface area (Å²) in [6.45, 7) is 4.23. The molecule has 0 fully saturated rings. The summed E-state index contributed by atoms with van der Waals surface area (Å²) in [5.41, 5.74) is 3.06. The molecule has 0 aromatic heterocycles. The van der Waals surface area contributed by atoms with Gasteiger partial charge in [-0.2, -0.15) is 0 Å². The van der Waals surface area contributed by atoms with Crippen molar-refractivity contribution in [3.8, 4) is 11.5 Å². The monoisotopic (exact) mass is 533 g/mol. The standard InChI is InChI=1S/C26H31N3O5S.ClH/c1-18(30)28-23-9-4-8-22-21(23)7-5-10-26(22)35(31,32)27-12-6-13-29-14-11-19-15-24(33-2)25(34-3)16-20(19)17-29;/h4-5,7-10,15-16,27H,6,11-14,17H2,1-3H3,(H,28,30);1H. The summed E-state index contributed by atoms with van der Waals surface area (Å²) in [5, 5.41) is 4.02. The van der Waals surface area contributed by atoms with Crippen molar-refractivity contribution in [2.75, 3.05) is 39.2 Å². The van der Waals surface area contributed by atoms with E-state index in [4.69, 9.17) is 9.47 Å². The van der Waals surface area contributed by atoms with Crippen LogP contribution >= 0.6 is 12.4 Å². The zero-order valence-electron chi connectivity index (χ0n) is 20.7. The molecule has 1 aliphatic heterocycles. The van der Waals surface area contributed by atoms with Gasteiger partial charge in [-0.25, -0.2) is 13.1 Å². The Balaban J connectivity index is 0.00000361. The fraction of sp³-hybridized carbons (Fsp3) is 0.346. The maximum Gasteiger partial charge on any atom is 0.241 e. The smallest absolute Gasteiger partial charge is 0.241 e. The normalized spacial score (nSPS) is 13.5. The van der Waals surface area contributed by atoms with Gasteiger partial charge >= 0.3 is 0 Å². The van der Waals surface area contributed by atoms with Crippen molar-refractivity contribution in [3.63, 3.8) is 0 Å². The summed E-state index contributed by atoms with van der Waals surface area (Å²) < 4.78 is 39.8. The lowest BCUT2D eigenvalue weighted by Gasteiger charge is -2.29. The van der Waals surface area contributed by atoms with Crippen LogP contribution in [0.5, 0.6) is 11.5 Å². The van der Waals surface area contributed by atoms with E-state index in [1.165, 1.54) is 18.1 Å². The minimum absolute atomic E-state index is 0. The highest BCUT2D eigenvalue weighted by Crippen LogP contribution is 2.33. The molecule has 2 N–H and O–H groups in total. The fourth-order valence-electron chi connectivity index (χ4n) is 4.53. The number of amides is 1. The number of carbonyl (C=O) groups excluding carboxylic acids is 1. The fourth-order valence-corrected chi connectivity index (χ4v) is 5.83. The second-order valence-corrected chi connectivity index (χ2v) is 10.3. The molecule has 0 unspecified atom stereocenters. The summed E-state index contributed by atoms with van der Waals surface area (Å²) in [6, 6.07) is 14.4. The number of fused-ring (bicyclic) bond motifs is 2. The van der Waals surface area contributed by atoms with Gasteiger partial charge in [-0.05, 0) is 54.8 Å². The first kappa shape index (κ1) is 27.7. The molecule has 0 spiro atoms. The molecule has 4 rings (SSSR count). The van der Waals surface area contributed by atoms with E-state index in [9.17, 15) is 13.2 Å². The largest absolute Gasteiger partial charge is 0.493 e. The van der Waals surface area contributed by atoms with Crippen LogP contribution in [0.2, 0.25) is 0 Å². The highest BCUT2D eigenvalue weighted by molar-refractivity contribution is 7.89. The minimum atomic E-state index is -3.71. The van der Waals surface area contributed by atoms with Crippen LogP contribution in [0.3, 0.4) is 0 Å². The quantitative estimate of drug-likeness (QED) is 0.404. The molecule has 1 amide bonds. The number of carbonyl (C=O) groups is 1. The number of methoxy groups -OCH3 is 2. The maximum absolute atomic E-state index is 13.1. The topological polar surface area (TPSA) is 97.0 Å². The van der Waals surface area contributed by atoms with Gasteiger partial charge in [-0.15, -0.1) is 12.4 Å². The Hall–Kier alpha value is -2.85. The molecule has 0 radical (unpaired) electrons. The number of halogens is 1. The number of hydrogen-bond acceptors (Lipinski definition) is 6. The minimum Gasteiger partial charge on any atom is -0.493 e. The number of anilines is 1. The summed E-state index contributed by atoms with van der Waals surface area (Å²) >= 11 is 0. The summed E-state index contributed by atoms with van der Waals surface area (Å²) in [4.78, 5) is 14.0. The molecule has 36 heavy (non-hydrogen) atoms. The molecule has 0 saturated carbocycles. The number of nitrogens with one attached hydrogen (secondary N) is 2. The van der Waals surface area contributed by atoms with E-state index in [1.54, 1.807) is 50.6 Å². The van der Waals surface area contributed by atoms with Crippen molar-refractivity contribution in [2.24, 2.45) is 0 Å². The zero-order valence-corrected chi connectivity index (χ0v) is 22.3. The molecule has 0 saturated heterocycles. The molecule has 194 valence electrons. The van der Waals surface area contributed by atoms with Crippen LogP contribution in [-0.2, 0) is 27.8 Å². The molecule has 10 heteroatoms. The molecular weight excluding hydrogens is 502 g/mol. The lowest BCUT2D eigenvalue weighted by molar-refractivity contribution is -0.114. The van der Waals surface area contributed by atoms with Crippen LogP contribution in [0.1, 0.15) is 24.5 Å². The molecule has 1 heterocycles. The molecule has 1 aliphatic rings. The van der Waals surface area contributed by atoms with E-state index in [-0.39, 0.29) is 23.2 Å². The van der Waals surface area contributed by atoms with Crippen LogP contribution in [0, 0.1) is 0 Å². The van der Waals surface area contributed by atoms with E-state index in [1.807, 2.05) is 12.1 Å². The number of benzene rings is 3. The Kier molecular flexibility index (Phi) is 9.19. The third-order valence-electron chi connectivity index (χ3n) is 6.22. The molecule has 8 nitrogen and oxygen atoms in total. The van der Waals surface area contributed by atoms with Crippen LogP contribution in [-0.4, -0.2) is 53.1 Å². The second-order valence-electron chi connectivity index (χ2n) is 8.59. The van der Waals surface area contributed by atoms with Gasteiger partial charge in [0.15, 0.2) is 11.5 Å². The van der Waals surface area contributed by atoms with E-state index in [0.29, 0.717) is 29.4 Å². The summed E-state index contributed by atoms with van der Waals surface area (Å²) in [5.74, 6) is 1.26. The van der Waals surface area contributed by atoms with Gasteiger partial charge in [0.1, 0.15) is 0 Å². The highest BCUT2D eigenvalue weighted by Gasteiger charge is 2.21. The Morgan fingerprint density at radius 1 is 1.00 bits per heavy atom. The Morgan fingerprint density at radius 3 is 2.36 bits per heavy atom. The first-order chi connectivity index (χ1) is 16.8. The van der Waals surface area contributed by atoms with E-state index < -0.39 is 10.0 Å². The molecule has 0 aliphatic carbocycles. The Bertz CT molecular complexity index is 1350.